The third-order valence-corrected chi connectivity index (χ3v) is 4.98. The highest BCUT2D eigenvalue weighted by Crippen LogP contribution is 2.31. The van der Waals surface area contributed by atoms with E-state index in [-0.39, 0.29) is 11.2 Å². The maximum Gasteiger partial charge on any atom is 0.223 e. The molecule has 4 aromatic rings. The van der Waals surface area contributed by atoms with Gasteiger partial charge in [0.15, 0.2) is 0 Å². The minimum Gasteiger partial charge on any atom is -0.354 e. The van der Waals surface area contributed by atoms with Crippen molar-refractivity contribution in [3.63, 3.8) is 0 Å². The number of rotatable bonds is 6. The highest BCUT2D eigenvalue weighted by molar-refractivity contribution is 5.93. The summed E-state index contributed by atoms with van der Waals surface area (Å²) >= 11 is 0. The van der Waals surface area contributed by atoms with Crippen LogP contribution in [0, 0.1) is 11.2 Å². The Morgan fingerprint density at radius 2 is 1.78 bits per heavy atom. The van der Waals surface area contributed by atoms with Crippen molar-refractivity contribution < 1.29 is 4.39 Å². The molecule has 0 aliphatic rings. The van der Waals surface area contributed by atoms with Gasteiger partial charge in [0.05, 0.1) is 16.9 Å². The van der Waals surface area contributed by atoms with Crippen LogP contribution in [0.1, 0.15) is 26.3 Å². The Hall–Kier alpha value is -3.32. The summed E-state index contributed by atoms with van der Waals surface area (Å²) in [5.74, 6) is 0.289. The molecule has 0 atom stereocenters. The van der Waals surface area contributed by atoms with E-state index in [1.807, 2.05) is 24.8 Å². The van der Waals surface area contributed by atoms with Crippen LogP contribution >= 0.6 is 0 Å². The summed E-state index contributed by atoms with van der Waals surface area (Å²) in [6.45, 7) is 8.05. The van der Waals surface area contributed by atoms with E-state index < -0.39 is 0 Å². The summed E-state index contributed by atoms with van der Waals surface area (Å²) < 4.78 is 15.4. The van der Waals surface area contributed by atoms with Gasteiger partial charge in [-0.25, -0.2) is 19.0 Å². The number of nitrogens with zero attached hydrogens (tertiary/aromatic N) is 5. The van der Waals surface area contributed by atoms with Gasteiger partial charge in [-0.15, -0.1) is 0 Å². The van der Waals surface area contributed by atoms with Crippen LogP contribution < -0.4 is 5.32 Å². The highest BCUT2D eigenvalue weighted by Gasteiger charge is 2.18. The lowest BCUT2D eigenvalue weighted by molar-refractivity contribution is 0.402. The minimum absolute atomic E-state index is 0.102. The summed E-state index contributed by atoms with van der Waals surface area (Å²) in [6.07, 6.45) is 1.75. The van der Waals surface area contributed by atoms with Gasteiger partial charge in [0, 0.05) is 24.7 Å². The molecule has 0 radical (unpaired) electrons. The van der Waals surface area contributed by atoms with E-state index in [9.17, 15) is 4.39 Å². The Balaban J connectivity index is 1.85. The molecule has 0 saturated carbocycles. The molecule has 4 rings (SSSR count). The second-order valence-corrected chi connectivity index (χ2v) is 9.51. The van der Waals surface area contributed by atoms with Crippen molar-refractivity contribution in [2.24, 2.45) is 5.41 Å². The van der Waals surface area contributed by atoms with Crippen LogP contribution in [0.4, 0.5) is 10.3 Å². The van der Waals surface area contributed by atoms with Crippen molar-refractivity contribution >= 4 is 16.9 Å². The fourth-order valence-corrected chi connectivity index (χ4v) is 3.53. The Kier molecular flexibility index (Phi) is 5.93. The fraction of sp³-hybridized carbons (Fsp3) is 0.320. The van der Waals surface area contributed by atoms with Gasteiger partial charge in [-0.3, -0.25) is 0 Å². The molecular weight excluding hydrogens is 403 g/mol. The van der Waals surface area contributed by atoms with E-state index in [1.165, 1.54) is 17.7 Å². The topological polar surface area (TPSA) is 58.9 Å². The average molecular weight is 433 g/mol. The van der Waals surface area contributed by atoms with Gasteiger partial charge in [0.2, 0.25) is 5.95 Å². The number of aromatic nitrogens is 4. The van der Waals surface area contributed by atoms with E-state index in [4.69, 9.17) is 10.1 Å². The molecule has 0 saturated heterocycles. The molecule has 0 amide bonds. The van der Waals surface area contributed by atoms with E-state index >= 15 is 0 Å². The SMILES string of the molecule is CN(C)Cc1ccc2c(-c3ccnc(NCC(C)(C)C)n3)n(-c3ccc(F)cc3)nc2c1. The standard InChI is InChI=1S/C25H29FN6/c1-25(2,3)16-28-24-27-13-12-21(29-24)23-20-11-6-17(15-31(4)5)14-22(20)30-32(23)19-9-7-18(26)8-10-19/h6-14H,15-16H2,1-5H3,(H,27,28,29). The van der Waals surface area contributed by atoms with Crippen LogP contribution in [0.15, 0.2) is 54.7 Å². The molecule has 0 spiro atoms. The van der Waals surface area contributed by atoms with Crippen molar-refractivity contribution in [2.45, 2.75) is 27.3 Å². The van der Waals surface area contributed by atoms with Crippen molar-refractivity contribution in [1.82, 2.24) is 24.6 Å². The number of fused-ring (bicyclic) bond motifs is 1. The Morgan fingerprint density at radius 3 is 2.47 bits per heavy atom. The number of hydrogen-bond donors (Lipinski definition) is 1. The lowest BCUT2D eigenvalue weighted by atomic mass is 9.97. The molecule has 0 aliphatic heterocycles. The van der Waals surface area contributed by atoms with Crippen LogP contribution in [0.3, 0.4) is 0 Å². The smallest absolute Gasteiger partial charge is 0.223 e. The van der Waals surface area contributed by atoms with Gasteiger partial charge in [-0.1, -0.05) is 32.9 Å². The average Bonchev–Trinajstić information content (AvgIpc) is 3.11. The second kappa shape index (κ2) is 8.67. The number of nitrogens with one attached hydrogen (secondary N) is 1. The first-order valence-corrected chi connectivity index (χ1v) is 10.7. The Morgan fingerprint density at radius 1 is 1.03 bits per heavy atom. The van der Waals surface area contributed by atoms with Gasteiger partial charge in [-0.2, -0.15) is 5.10 Å². The zero-order valence-corrected chi connectivity index (χ0v) is 19.2. The first kappa shape index (κ1) is 21.9. The molecule has 7 heteroatoms. The zero-order chi connectivity index (χ0) is 22.9. The summed E-state index contributed by atoms with van der Waals surface area (Å²) in [5, 5.41) is 9.18. The first-order valence-electron chi connectivity index (χ1n) is 10.7. The van der Waals surface area contributed by atoms with Crippen LogP contribution in [-0.4, -0.2) is 45.3 Å². The highest BCUT2D eigenvalue weighted by atomic mass is 19.1. The maximum atomic E-state index is 13.6. The quantitative estimate of drug-likeness (QED) is 0.457. The maximum absolute atomic E-state index is 13.6. The predicted molar refractivity (Wildman–Crippen MR) is 127 cm³/mol. The normalized spacial score (nSPS) is 12.0. The molecule has 166 valence electrons. The largest absolute Gasteiger partial charge is 0.354 e. The summed E-state index contributed by atoms with van der Waals surface area (Å²) in [4.78, 5) is 11.3. The number of anilines is 1. The summed E-state index contributed by atoms with van der Waals surface area (Å²) in [6, 6.07) is 14.5. The van der Waals surface area contributed by atoms with Crippen LogP contribution in [0.2, 0.25) is 0 Å². The van der Waals surface area contributed by atoms with Gasteiger partial charge < -0.3 is 10.2 Å². The van der Waals surface area contributed by atoms with Gasteiger partial charge in [0.25, 0.3) is 0 Å². The van der Waals surface area contributed by atoms with Gasteiger partial charge in [-0.05, 0) is 61.5 Å². The molecule has 32 heavy (non-hydrogen) atoms. The van der Waals surface area contributed by atoms with Gasteiger partial charge in [0.1, 0.15) is 11.5 Å². The molecule has 2 aromatic heterocycles. The van der Waals surface area contributed by atoms with E-state index in [0.717, 1.165) is 41.1 Å². The monoisotopic (exact) mass is 432 g/mol. The molecule has 0 aliphatic carbocycles. The zero-order valence-electron chi connectivity index (χ0n) is 19.2. The first-order chi connectivity index (χ1) is 15.2. The van der Waals surface area contributed by atoms with Crippen LogP contribution in [0.5, 0.6) is 0 Å². The number of benzene rings is 2. The van der Waals surface area contributed by atoms with E-state index in [0.29, 0.717) is 5.95 Å². The van der Waals surface area contributed by atoms with Crippen molar-refractivity contribution in [3.05, 3.63) is 66.1 Å². The van der Waals surface area contributed by atoms with Crippen molar-refractivity contribution in [3.8, 4) is 17.1 Å². The fourth-order valence-electron chi connectivity index (χ4n) is 3.53. The Labute approximate surface area is 188 Å². The summed E-state index contributed by atoms with van der Waals surface area (Å²) in [5.41, 5.74) is 4.52. The molecule has 2 heterocycles. The van der Waals surface area contributed by atoms with Crippen LogP contribution in [0.25, 0.3) is 28.0 Å². The molecule has 0 fully saturated rings. The Bertz CT molecular complexity index is 1220. The van der Waals surface area contributed by atoms with Crippen LogP contribution in [-0.2, 0) is 6.54 Å². The predicted octanol–water partition coefficient (Wildman–Crippen LogP) is 5.14. The minimum atomic E-state index is -0.281. The second-order valence-electron chi connectivity index (χ2n) is 9.51. The van der Waals surface area contributed by atoms with Crippen molar-refractivity contribution in [2.75, 3.05) is 26.0 Å². The van der Waals surface area contributed by atoms with E-state index in [1.54, 1.807) is 18.3 Å². The molecule has 2 aromatic carbocycles. The number of hydrogen-bond acceptors (Lipinski definition) is 5. The lowest BCUT2D eigenvalue weighted by Crippen LogP contribution is -2.20. The lowest BCUT2D eigenvalue weighted by Gasteiger charge is -2.18. The molecule has 0 bridgehead atoms. The molecule has 6 nitrogen and oxygen atoms in total. The summed E-state index contributed by atoms with van der Waals surface area (Å²) in [7, 11) is 4.08. The number of halogens is 1. The third-order valence-electron chi connectivity index (χ3n) is 4.98. The van der Waals surface area contributed by atoms with Crippen molar-refractivity contribution in [1.29, 1.82) is 0 Å². The van der Waals surface area contributed by atoms with E-state index in [2.05, 4.69) is 54.2 Å². The third kappa shape index (κ3) is 4.94. The molecule has 0 unspecified atom stereocenters. The molecular formula is C25H29FN6. The van der Waals surface area contributed by atoms with Gasteiger partial charge >= 0.3 is 0 Å². The molecule has 1 N–H and O–H groups in total.